The van der Waals surface area contributed by atoms with Crippen molar-refractivity contribution in [2.24, 2.45) is 29.4 Å². The third kappa shape index (κ3) is 1.48. The summed E-state index contributed by atoms with van der Waals surface area (Å²) in [7, 11) is 0. The number of nitrogens with two attached hydrogens (primary N) is 1. The molecule has 0 spiro atoms. The summed E-state index contributed by atoms with van der Waals surface area (Å²) in [6.07, 6.45) is 3.69. The van der Waals surface area contributed by atoms with E-state index in [2.05, 4.69) is 13.8 Å². The molecular weight excluding hydrogens is 200 g/mol. The van der Waals surface area contributed by atoms with E-state index in [0.717, 1.165) is 37.8 Å². The van der Waals surface area contributed by atoms with E-state index in [0.29, 0.717) is 17.7 Å². The Morgan fingerprint density at radius 1 is 1.25 bits per heavy atom. The second-order valence-corrected chi connectivity index (χ2v) is 6.51. The zero-order valence-electron chi connectivity index (χ0n) is 10.3. The van der Waals surface area contributed by atoms with E-state index in [1.807, 2.05) is 4.90 Å². The van der Waals surface area contributed by atoms with Crippen LogP contribution in [0.5, 0.6) is 0 Å². The standard InChI is InChI=1S/C13H22N2O/c1-8(2)13(14)6-15(7-13)12(16)11-4-9-3-10(9)5-11/h8-11H,3-7,14H2,1-2H3. The Balaban J connectivity index is 1.54. The first-order valence-corrected chi connectivity index (χ1v) is 6.57. The molecule has 1 aliphatic heterocycles. The summed E-state index contributed by atoms with van der Waals surface area (Å²) >= 11 is 0. The van der Waals surface area contributed by atoms with Gasteiger partial charge in [-0.25, -0.2) is 0 Å². The quantitative estimate of drug-likeness (QED) is 0.764. The normalized spacial score (nSPS) is 39.5. The van der Waals surface area contributed by atoms with Gasteiger partial charge in [0, 0.05) is 19.0 Å². The number of amides is 1. The van der Waals surface area contributed by atoms with Crippen LogP contribution >= 0.6 is 0 Å². The molecule has 90 valence electrons. The highest BCUT2D eigenvalue weighted by atomic mass is 16.2. The van der Waals surface area contributed by atoms with Crippen LogP contribution in [0.15, 0.2) is 0 Å². The van der Waals surface area contributed by atoms with Crippen molar-refractivity contribution in [2.75, 3.05) is 13.1 Å². The molecule has 2 saturated carbocycles. The van der Waals surface area contributed by atoms with E-state index < -0.39 is 0 Å². The molecule has 0 aromatic carbocycles. The number of carbonyl (C=O) groups is 1. The van der Waals surface area contributed by atoms with Crippen LogP contribution in [-0.4, -0.2) is 29.4 Å². The third-order valence-corrected chi connectivity index (χ3v) is 5.02. The fourth-order valence-corrected chi connectivity index (χ4v) is 3.36. The minimum Gasteiger partial charge on any atom is -0.339 e. The highest BCUT2D eigenvalue weighted by molar-refractivity contribution is 5.80. The van der Waals surface area contributed by atoms with E-state index in [9.17, 15) is 4.79 Å². The predicted octanol–water partition coefficient (Wildman–Crippen LogP) is 1.23. The van der Waals surface area contributed by atoms with Crippen molar-refractivity contribution in [3.05, 3.63) is 0 Å². The molecule has 1 amide bonds. The van der Waals surface area contributed by atoms with Gasteiger partial charge >= 0.3 is 0 Å². The lowest BCUT2D eigenvalue weighted by molar-refractivity contribution is -0.144. The number of hydrogen-bond acceptors (Lipinski definition) is 2. The van der Waals surface area contributed by atoms with E-state index in [-0.39, 0.29) is 5.54 Å². The van der Waals surface area contributed by atoms with Crippen molar-refractivity contribution in [3.8, 4) is 0 Å². The van der Waals surface area contributed by atoms with E-state index in [1.54, 1.807) is 0 Å². The maximum Gasteiger partial charge on any atom is 0.225 e. The molecule has 0 radical (unpaired) electrons. The number of fused-ring (bicyclic) bond motifs is 1. The van der Waals surface area contributed by atoms with Crippen molar-refractivity contribution < 1.29 is 4.79 Å². The Morgan fingerprint density at radius 3 is 2.31 bits per heavy atom. The van der Waals surface area contributed by atoms with Gasteiger partial charge < -0.3 is 10.6 Å². The SMILES string of the molecule is CC(C)C1(N)CN(C(=O)C2CC3CC3C2)C1. The molecule has 3 nitrogen and oxygen atoms in total. The highest BCUT2D eigenvalue weighted by Gasteiger charge is 2.51. The topological polar surface area (TPSA) is 46.3 Å². The molecule has 2 N–H and O–H groups in total. The van der Waals surface area contributed by atoms with Crippen LogP contribution in [-0.2, 0) is 4.79 Å². The van der Waals surface area contributed by atoms with Crippen LogP contribution in [0.2, 0.25) is 0 Å². The van der Waals surface area contributed by atoms with Crippen LogP contribution in [0.3, 0.4) is 0 Å². The molecule has 0 aromatic heterocycles. The molecule has 2 unspecified atom stereocenters. The lowest BCUT2D eigenvalue weighted by Crippen LogP contribution is -2.71. The van der Waals surface area contributed by atoms with Crippen molar-refractivity contribution in [1.29, 1.82) is 0 Å². The summed E-state index contributed by atoms with van der Waals surface area (Å²) < 4.78 is 0. The minimum atomic E-state index is -0.114. The number of hydrogen-bond donors (Lipinski definition) is 1. The first kappa shape index (κ1) is 10.6. The van der Waals surface area contributed by atoms with Crippen LogP contribution in [0, 0.1) is 23.7 Å². The van der Waals surface area contributed by atoms with E-state index in [1.165, 1.54) is 6.42 Å². The van der Waals surface area contributed by atoms with Crippen molar-refractivity contribution >= 4 is 5.91 Å². The lowest BCUT2D eigenvalue weighted by Gasteiger charge is -2.51. The molecule has 16 heavy (non-hydrogen) atoms. The first-order valence-electron chi connectivity index (χ1n) is 6.57. The van der Waals surface area contributed by atoms with E-state index in [4.69, 9.17) is 5.73 Å². The fraction of sp³-hybridized carbons (Fsp3) is 0.923. The number of nitrogens with zero attached hydrogens (tertiary/aromatic N) is 1. The summed E-state index contributed by atoms with van der Waals surface area (Å²) in [5.74, 6) is 2.97. The third-order valence-electron chi connectivity index (χ3n) is 5.02. The second-order valence-electron chi connectivity index (χ2n) is 6.51. The zero-order chi connectivity index (χ0) is 11.5. The average molecular weight is 222 g/mol. The average Bonchev–Trinajstić information content (AvgIpc) is 2.80. The maximum atomic E-state index is 12.2. The largest absolute Gasteiger partial charge is 0.339 e. The molecule has 3 fully saturated rings. The maximum absolute atomic E-state index is 12.2. The van der Waals surface area contributed by atoms with Gasteiger partial charge in [0.25, 0.3) is 0 Å². The molecule has 0 bridgehead atoms. The summed E-state index contributed by atoms with van der Waals surface area (Å²) in [5.41, 5.74) is 6.10. The van der Waals surface area contributed by atoms with Gasteiger partial charge in [0.05, 0.1) is 5.54 Å². The molecule has 3 aliphatic rings. The first-order chi connectivity index (χ1) is 7.49. The summed E-state index contributed by atoms with van der Waals surface area (Å²) in [6.45, 7) is 5.84. The summed E-state index contributed by atoms with van der Waals surface area (Å²) in [5, 5.41) is 0. The van der Waals surface area contributed by atoms with Crippen LogP contribution < -0.4 is 5.73 Å². The lowest BCUT2D eigenvalue weighted by atomic mass is 9.79. The molecule has 3 heteroatoms. The predicted molar refractivity (Wildman–Crippen MR) is 62.7 cm³/mol. The molecule has 0 aromatic rings. The summed E-state index contributed by atoms with van der Waals surface area (Å²) in [4.78, 5) is 14.2. The smallest absolute Gasteiger partial charge is 0.225 e. The molecular formula is C13H22N2O. The number of carbonyl (C=O) groups excluding carboxylic acids is 1. The molecule has 2 aliphatic carbocycles. The Hall–Kier alpha value is -0.570. The van der Waals surface area contributed by atoms with Gasteiger partial charge in [0.15, 0.2) is 0 Å². The zero-order valence-corrected chi connectivity index (χ0v) is 10.3. The van der Waals surface area contributed by atoms with Gasteiger partial charge in [0.1, 0.15) is 0 Å². The highest BCUT2D eigenvalue weighted by Crippen LogP contribution is 2.54. The second kappa shape index (κ2) is 3.22. The molecule has 1 saturated heterocycles. The Kier molecular flexibility index (Phi) is 2.13. The Bertz CT molecular complexity index is 310. The monoisotopic (exact) mass is 222 g/mol. The van der Waals surface area contributed by atoms with Crippen molar-refractivity contribution in [1.82, 2.24) is 4.90 Å². The van der Waals surface area contributed by atoms with Crippen molar-refractivity contribution in [2.45, 2.75) is 38.6 Å². The van der Waals surface area contributed by atoms with Crippen LogP contribution in [0.1, 0.15) is 33.1 Å². The minimum absolute atomic E-state index is 0.114. The van der Waals surface area contributed by atoms with Gasteiger partial charge in [-0.3, -0.25) is 4.79 Å². The molecule has 3 rings (SSSR count). The Morgan fingerprint density at radius 2 is 1.81 bits per heavy atom. The van der Waals surface area contributed by atoms with Crippen molar-refractivity contribution in [3.63, 3.8) is 0 Å². The molecule has 2 atom stereocenters. The van der Waals surface area contributed by atoms with Gasteiger partial charge in [-0.15, -0.1) is 0 Å². The van der Waals surface area contributed by atoms with Gasteiger partial charge in [-0.05, 0) is 37.0 Å². The van der Waals surface area contributed by atoms with Gasteiger partial charge in [-0.1, -0.05) is 13.8 Å². The summed E-state index contributed by atoms with van der Waals surface area (Å²) in [6, 6.07) is 0. The number of rotatable bonds is 2. The van der Waals surface area contributed by atoms with Crippen LogP contribution in [0.4, 0.5) is 0 Å². The fourth-order valence-electron chi connectivity index (χ4n) is 3.36. The Labute approximate surface area is 97.4 Å². The van der Waals surface area contributed by atoms with E-state index >= 15 is 0 Å². The van der Waals surface area contributed by atoms with Gasteiger partial charge in [0.2, 0.25) is 5.91 Å². The molecule has 1 heterocycles. The van der Waals surface area contributed by atoms with Crippen LogP contribution in [0.25, 0.3) is 0 Å². The van der Waals surface area contributed by atoms with Gasteiger partial charge in [-0.2, -0.15) is 0 Å². The number of likely N-dealkylation sites (tertiary alicyclic amines) is 1.